The van der Waals surface area contributed by atoms with Crippen LogP contribution in [0.15, 0.2) is 0 Å². The van der Waals surface area contributed by atoms with E-state index in [9.17, 15) is 8.42 Å². The van der Waals surface area contributed by atoms with Crippen molar-refractivity contribution in [1.29, 1.82) is 0 Å². The summed E-state index contributed by atoms with van der Waals surface area (Å²) in [6, 6.07) is 0.657. The van der Waals surface area contributed by atoms with Crippen LogP contribution in [0.4, 0.5) is 0 Å². The van der Waals surface area contributed by atoms with Gasteiger partial charge in [0.1, 0.15) is 0 Å². The first-order valence-electron chi connectivity index (χ1n) is 7.25. The number of nitrogens with one attached hydrogen (secondary N) is 1. The van der Waals surface area contributed by atoms with E-state index in [0.717, 1.165) is 19.0 Å². The lowest BCUT2D eigenvalue weighted by Gasteiger charge is -2.32. The van der Waals surface area contributed by atoms with E-state index in [1.165, 1.54) is 32.2 Å². The number of sulfone groups is 1. The van der Waals surface area contributed by atoms with Gasteiger partial charge >= 0.3 is 0 Å². The topological polar surface area (TPSA) is 49.4 Å². The lowest BCUT2D eigenvalue weighted by atomic mass is 10.1. The molecular formula is C13H26N2O2S. The Morgan fingerprint density at radius 1 is 1.17 bits per heavy atom. The molecule has 2 rings (SSSR count). The molecule has 1 N–H and O–H groups in total. The minimum atomic E-state index is -2.80. The maximum Gasteiger partial charge on any atom is 0.151 e. The first kappa shape index (κ1) is 14.3. The Bertz CT molecular complexity index is 344. The Balaban J connectivity index is 1.60. The third-order valence-corrected chi connectivity index (χ3v) is 5.82. The largest absolute Gasteiger partial charge is 0.314 e. The van der Waals surface area contributed by atoms with E-state index < -0.39 is 9.84 Å². The summed E-state index contributed by atoms with van der Waals surface area (Å²) in [6.45, 7) is 5.72. The van der Waals surface area contributed by atoms with Gasteiger partial charge in [-0.05, 0) is 51.2 Å². The van der Waals surface area contributed by atoms with Crippen molar-refractivity contribution in [1.82, 2.24) is 10.2 Å². The first-order valence-corrected chi connectivity index (χ1v) is 9.07. The van der Waals surface area contributed by atoms with E-state index >= 15 is 0 Å². The lowest BCUT2D eigenvalue weighted by molar-refractivity contribution is 0.206. The van der Waals surface area contributed by atoms with Crippen molar-refractivity contribution in [2.45, 2.75) is 38.6 Å². The zero-order chi connectivity index (χ0) is 13.0. The van der Waals surface area contributed by atoms with Gasteiger partial charge in [-0.1, -0.05) is 6.92 Å². The smallest absolute Gasteiger partial charge is 0.151 e. The van der Waals surface area contributed by atoms with Crippen LogP contribution in [0.5, 0.6) is 0 Å². The van der Waals surface area contributed by atoms with Gasteiger partial charge < -0.3 is 10.2 Å². The zero-order valence-electron chi connectivity index (χ0n) is 11.4. The molecule has 0 unspecified atom stereocenters. The molecule has 1 saturated heterocycles. The van der Waals surface area contributed by atoms with Crippen LogP contribution in [-0.2, 0) is 9.84 Å². The predicted octanol–water partition coefficient (Wildman–Crippen LogP) is 0.885. The number of hydrogen-bond donors (Lipinski definition) is 1. The summed E-state index contributed by atoms with van der Waals surface area (Å²) in [5.74, 6) is 1.54. The minimum Gasteiger partial charge on any atom is -0.314 e. The van der Waals surface area contributed by atoms with Crippen LogP contribution < -0.4 is 5.32 Å². The van der Waals surface area contributed by atoms with Crippen molar-refractivity contribution < 1.29 is 8.42 Å². The van der Waals surface area contributed by atoms with Crippen molar-refractivity contribution in [3.05, 3.63) is 0 Å². The molecule has 0 bridgehead atoms. The Morgan fingerprint density at radius 2 is 1.83 bits per heavy atom. The molecule has 0 spiro atoms. The molecule has 2 aliphatic rings. The molecule has 4 nitrogen and oxygen atoms in total. The maximum absolute atomic E-state index is 11.5. The highest BCUT2D eigenvalue weighted by Crippen LogP contribution is 2.28. The van der Waals surface area contributed by atoms with Gasteiger partial charge in [0.2, 0.25) is 0 Å². The number of nitrogens with zero attached hydrogens (tertiary/aromatic N) is 1. The molecule has 0 aromatic rings. The van der Waals surface area contributed by atoms with Crippen LogP contribution in [0.2, 0.25) is 0 Å². The molecule has 0 aromatic carbocycles. The molecule has 1 saturated carbocycles. The zero-order valence-corrected chi connectivity index (χ0v) is 12.2. The molecule has 1 aliphatic carbocycles. The molecule has 0 amide bonds. The van der Waals surface area contributed by atoms with Gasteiger partial charge in [0.15, 0.2) is 9.84 Å². The lowest BCUT2D eigenvalue weighted by Crippen LogP contribution is -2.44. The van der Waals surface area contributed by atoms with Gasteiger partial charge in [-0.15, -0.1) is 0 Å². The summed E-state index contributed by atoms with van der Waals surface area (Å²) in [4.78, 5) is 2.29. The Morgan fingerprint density at radius 3 is 2.39 bits per heavy atom. The maximum atomic E-state index is 11.5. The van der Waals surface area contributed by atoms with Crippen LogP contribution in [-0.4, -0.2) is 57.0 Å². The van der Waals surface area contributed by atoms with Crippen molar-refractivity contribution in [3.8, 4) is 0 Å². The average molecular weight is 274 g/mol. The SMILES string of the molecule is CCS(=O)(=O)CCN1CCC(NCC2CC2)CC1. The van der Waals surface area contributed by atoms with E-state index in [1.54, 1.807) is 6.92 Å². The average Bonchev–Trinajstić information content (AvgIpc) is 3.19. The van der Waals surface area contributed by atoms with Crippen molar-refractivity contribution in [2.24, 2.45) is 5.92 Å². The van der Waals surface area contributed by atoms with Crippen molar-refractivity contribution >= 4 is 9.84 Å². The van der Waals surface area contributed by atoms with Gasteiger partial charge in [-0.2, -0.15) is 0 Å². The Hall–Kier alpha value is -0.130. The Labute approximate surface area is 111 Å². The van der Waals surface area contributed by atoms with E-state index in [0.29, 0.717) is 18.3 Å². The van der Waals surface area contributed by atoms with Crippen LogP contribution in [0.1, 0.15) is 32.6 Å². The highest BCUT2D eigenvalue weighted by molar-refractivity contribution is 7.91. The molecule has 0 radical (unpaired) electrons. The van der Waals surface area contributed by atoms with Crippen molar-refractivity contribution in [2.75, 3.05) is 37.7 Å². The molecule has 106 valence electrons. The van der Waals surface area contributed by atoms with Gasteiger partial charge in [-0.3, -0.25) is 0 Å². The fourth-order valence-corrected chi connectivity index (χ4v) is 3.25. The summed E-state index contributed by atoms with van der Waals surface area (Å²) in [7, 11) is -2.80. The quantitative estimate of drug-likeness (QED) is 0.749. The second kappa shape index (κ2) is 6.35. The predicted molar refractivity (Wildman–Crippen MR) is 74.5 cm³/mol. The monoisotopic (exact) mass is 274 g/mol. The van der Waals surface area contributed by atoms with Crippen LogP contribution in [0, 0.1) is 5.92 Å². The van der Waals surface area contributed by atoms with Gasteiger partial charge in [0.25, 0.3) is 0 Å². The highest BCUT2D eigenvalue weighted by atomic mass is 32.2. The van der Waals surface area contributed by atoms with Gasteiger partial charge in [0.05, 0.1) is 5.75 Å². The second-order valence-electron chi connectivity index (χ2n) is 5.70. The van der Waals surface area contributed by atoms with Crippen LogP contribution in [0.3, 0.4) is 0 Å². The number of piperidine rings is 1. The third-order valence-electron chi connectivity index (χ3n) is 4.14. The first-order chi connectivity index (χ1) is 8.59. The van der Waals surface area contributed by atoms with E-state index in [2.05, 4.69) is 10.2 Å². The summed E-state index contributed by atoms with van der Waals surface area (Å²) in [6.07, 6.45) is 5.14. The molecule has 0 atom stereocenters. The number of likely N-dealkylation sites (tertiary alicyclic amines) is 1. The summed E-state index contributed by atoms with van der Waals surface area (Å²) >= 11 is 0. The normalized spacial score (nSPS) is 23.4. The van der Waals surface area contributed by atoms with Crippen LogP contribution >= 0.6 is 0 Å². The summed E-state index contributed by atoms with van der Waals surface area (Å²) in [5, 5.41) is 3.64. The minimum absolute atomic E-state index is 0.270. The molecule has 5 heteroatoms. The van der Waals surface area contributed by atoms with Gasteiger partial charge in [-0.25, -0.2) is 8.42 Å². The molecule has 2 fully saturated rings. The summed E-state index contributed by atoms with van der Waals surface area (Å²) < 4.78 is 22.9. The van der Waals surface area contributed by atoms with E-state index in [-0.39, 0.29) is 5.75 Å². The molecule has 1 aliphatic heterocycles. The van der Waals surface area contributed by atoms with Crippen molar-refractivity contribution in [3.63, 3.8) is 0 Å². The van der Waals surface area contributed by atoms with Gasteiger partial charge in [0, 0.05) is 18.3 Å². The molecule has 18 heavy (non-hydrogen) atoms. The molecular weight excluding hydrogens is 248 g/mol. The fourth-order valence-electron chi connectivity index (χ4n) is 2.43. The fraction of sp³-hybridized carbons (Fsp3) is 1.00. The van der Waals surface area contributed by atoms with Crippen LogP contribution in [0.25, 0.3) is 0 Å². The number of rotatable bonds is 7. The Kier molecular flexibility index (Phi) is 5.04. The third kappa shape index (κ3) is 4.86. The standard InChI is InChI=1S/C13H26N2O2S/c1-2-18(16,17)10-9-15-7-5-13(6-8-15)14-11-12-3-4-12/h12-14H,2-11H2,1H3. The van der Waals surface area contributed by atoms with E-state index in [4.69, 9.17) is 0 Å². The second-order valence-corrected chi connectivity index (χ2v) is 8.18. The molecule has 1 heterocycles. The summed E-state index contributed by atoms with van der Waals surface area (Å²) in [5.41, 5.74) is 0. The van der Waals surface area contributed by atoms with E-state index in [1.807, 2.05) is 0 Å². The number of hydrogen-bond acceptors (Lipinski definition) is 4. The highest BCUT2D eigenvalue weighted by Gasteiger charge is 2.24. The molecule has 0 aromatic heterocycles.